The topological polar surface area (TPSA) is 127 Å². The van der Waals surface area contributed by atoms with Crippen molar-refractivity contribution in [3.05, 3.63) is 106 Å². The summed E-state index contributed by atoms with van der Waals surface area (Å²) in [6, 6.07) is 23.9. The first-order chi connectivity index (χ1) is 18.4. The number of hydrogen-bond acceptors (Lipinski definition) is 8. The van der Waals surface area contributed by atoms with Gasteiger partial charge in [-0.2, -0.15) is 15.5 Å². The summed E-state index contributed by atoms with van der Waals surface area (Å²) < 4.78 is 5.45. The number of hydrogen-bond donors (Lipinski definition) is 3. The molecule has 4 aromatic rings. The summed E-state index contributed by atoms with van der Waals surface area (Å²) in [5.74, 6) is 1.29. The van der Waals surface area contributed by atoms with Crippen molar-refractivity contribution in [2.24, 2.45) is 0 Å². The molecule has 8 heteroatoms. The maximum Gasteiger partial charge on any atom is 0.229 e. The Kier molecular flexibility index (Phi) is 7.98. The fourth-order valence-electron chi connectivity index (χ4n) is 4.09. The Morgan fingerprint density at radius 1 is 0.947 bits per heavy atom. The van der Waals surface area contributed by atoms with E-state index in [4.69, 9.17) is 15.3 Å². The summed E-state index contributed by atoms with van der Waals surface area (Å²) in [6.07, 6.45) is 2.13. The summed E-state index contributed by atoms with van der Waals surface area (Å²) in [4.78, 5) is 9.23. The van der Waals surface area contributed by atoms with Gasteiger partial charge in [0, 0.05) is 29.1 Å². The molecule has 0 saturated carbocycles. The molecule has 0 aliphatic carbocycles. The van der Waals surface area contributed by atoms with E-state index in [-0.39, 0.29) is 5.95 Å². The van der Waals surface area contributed by atoms with E-state index in [0.717, 1.165) is 22.4 Å². The molecule has 4 rings (SSSR count). The van der Waals surface area contributed by atoms with E-state index in [1.165, 1.54) is 6.08 Å². The van der Waals surface area contributed by atoms with E-state index < -0.39 is 6.10 Å². The van der Waals surface area contributed by atoms with Crippen LogP contribution in [0.2, 0.25) is 0 Å². The van der Waals surface area contributed by atoms with E-state index in [1.807, 2.05) is 44.2 Å². The van der Waals surface area contributed by atoms with Gasteiger partial charge in [-0.15, -0.1) is 0 Å². The van der Waals surface area contributed by atoms with Crippen LogP contribution >= 0.6 is 0 Å². The monoisotopic (exact) mass is 502 g/mol. The number of anilines is 4. The van der Waals surface area contributed by atoms with E-state index in [1.54, 1.807) is 55.7 Å². The normalized spacial score (nSPS) is 11.4. The SMILES string of the molecule is COc1ccccc1C(O)c1cc(Nc2c(C)cc(/C=C/C#N)cc2C)nc(Nc2ccc(C#N)cc2)n1. The van der Waals surface area contributed by atoms with Gasteiger partial charge < -0.3 is 20.5 Å². The van der Waals surface area contributed by atoms with Gasteiger partial charge in [0.1, 0.15) is 17.7 Å². The number of allylic oxidation sites excluding steroid dienone is 1. The third-order valence-corrected chi connectivity index (χ3v) is 5.89. The van der Waals surface area contributed by atoms with Gasteiger partial charge in [0.05, 0.1) is 30.5 Å². The molecule has 0 amide bonds. The first kappa shape index (κ1) is 25.9. The number of nitriles is 2. The van der Waals surface area contributed by atoms with Crippen molar-refractivity contribution < 1.29 is 9.84 Å². The van der Waals surface area contributed by atoms with Crippen LogP contribution in [-0.4, -0.2) is 22.2 Å². The van der Waals surface area contributed by atoms with Gasteiger partial charge >= 0.3 is 0 Å². The Balaban J connectivity index is 1.75. The van der Waals surface area contributed by atoms with E-state index in [0.29, 0.717) is 34.1 Å². The third-order valence-electron chi connectivity index (χ3n) is 5.89. The minimum Gasteiger partial charge on any atom is -0.496 e. The maximum absolute atomic E-state index is 11.3. The highest BCUT2D eigenvalue weighted by atomic mass is 16.5. The van der Waals surface area contributed by atoms with Crippen molar-refractivity contribution in [1.29, 1.82) is 10.5 Å². The number of aliphatic hydroxyl groups is 1. The number of nitrogens with one attached hydrogen (secondary N) is 2. The largest absolute Gasteiger partial charge is 0.496 e. The Hall–Kier alpha value is -5.18. The molecule has 3 N–H and O–H groups in total. The number of nitrogens with zero attached hydrogens (tertiary/aromatic N) is 4. The number of para-hydroxylation sites is 1. The molecule has 3 aromatic carbocycles. The number of ether oxygens (including phenoxy) is 1. The summed E-state index contributed by atoms with van der Waals surface area (Å²) >= 11 is 0. The van der Waals surface area contributed by atoms with Crippen LogP contribution in [0.5, 0.6) is 5.75 Å². The van der Waals surface area contributed by atoms with Gasteiger partial charge in [-0.1, -0.05) is 18.2 Å². The van der Waals surface area contributed by atoms with Crippen LogP contribution in [-0.2, 0) is 0 Å². The van der Waals surface area contributed by atoms with E-state index >= 15 is 0 Å². The van der Waals surface area contributed by atoms with Crippen molar-refractivity contribution in [3.8, 4) is 17.9 Å². The highest BCUT2D eigenvalue weighted by Gasteiger charge is 2.19. The molecule has 0 radical (unpaired) electrons. The lowest BCUT2D eigenvalue weighted by atomic mass is 10.0. The second-order valence-corrected chi connectivity index (χ2v) is 8.58. The minimum absolute atomic E-state index is 0.271. The Bertz CT molecular complexity index is 1540. The predicted octanol–water partition coefficient (Wildman–Crippen LogP) is 6.08. The molecule has 38 heavy (non-hydrogen) atoms. The molecular weight excluding hydrogens is 476 g/mol. The highest BCUT2D eigenvalue weighted by molar-refractivity contribution is 5.70. The maximum atomic E-state index is 11.3. The lowest BCUT2D eigenvalue weighted by molar-refractivity contribution is 0.210. The van der Waals surface area contributed by atoms with Crippen LogP contribution in [0.1, 0.15) is 39.6 Å². The molecule has 0 aliphatic heterocycles. The molecule has 188 valence electrons. The van der Waals surface area contributed by atoms with Crippen LogP contribution in [0.15, 0.2) is 72.8 Å². The summed E-state index contributed by atoms with van der Waals surface area (Å²) in [5.41, 5.74) is 5.89. The Labute approximate surface area is 221 Å². The number of methoxy groups -OCH3 is 1. The lowest BCUT2D eigenvalue weighted by Crippen LogP contribution is -2.10. The van der Waals surface area contributed by atoms with Gasteiger partial charge in [0.25, 0.3) is 0 Å². The molecule has 1 aromatic heterocycles. The van der Waals surface area contributed by atoms with Gasteiger partial charge in [-0.05, 0) is 79.1 Å². The van der Waals surface area contributed by atoms with Crippen molar-refractivity contribution in [2.75, 3.05) is 17.7 Å². The molecule has 1 heterocycles. The Morgan fingerprint density at radius 3 is 2.32 bits per heavy atom. The van der Waals surface area contributed by atoms with Crippen molar-refractivity contribution >= 4 is 29.2 Å². The molecular formula is C30H26N6O2. The zero-order chi connectivity index (χ0) is 27.1. The van der Waals surface area contributed by atoms with Gasteiger partial charge in [0.2, 0.25) is 5.95 Å². The molecule has 0 bridgehead atoms. The van der Waals surface area contributed by atoms with E-state index in [2.05, 4.69) is 26.7 Å². The van der Waals surface area contributed by atoms with Crippen LogP contribution in [0.3, 0.4) is 0 Å². The first-order valence-electron chi connectivity index (χ1n) is 11.8. The molecule has 1 atom stereocenters. The van der Waals surface area contributed by atoms with Crippen LogP contribution < -0.4 is 15.4 Å². The average Bonchev–Trinajstić information content (AvgIpc) is 2.93. The Morgan fingerprint density at radius 2 is 1.66 bits per heavy atom. The van der Waals surface area contributed by atoms with Crippen LogP contribution in [0.4, 0.5) is 23.1 Å². The standard InChI is InChI=1S/C30H26N6O2/c1-19-15-22(7-6-14-31)16-20(2)28(19)35-27-17-25(29(37)24-8-4-5-9-26(24)38-3)34-30(36-27)33-23-12-10-21(18-32)11-13-23/h4-13,15-17,29,37H,1-3H3,(H2,33,34,35,36)/b7-6+. The predicted molar refractivity (Wildman–Crippen MR) is 147 cm³/mol. The second-order valence-electron chi connectivity index (χ2n) is 8.58. The summed E-state index contributed by atoms with van der Waals surface area (Å²) in [6.45, 7) is 3.95. The highest BCUT2D eigenvalue weighted by Crippen LogP contribution is 2.32. The number of aryl methyl sites for hydroxylation is 2. The molecule has 0 spiro atoms. The van der Waals surface area contributed by atoms with E-state index in [9.17, 15) is 5.11 Å². The van der Waals surface area contributed by atoms with Crippen LogP contribution in [0.25, 0.3) is 6.08 Å². The quantitative estimate of drug-likeness (QED) is 0.247. The van der Waals surface area contributed by atoms with Crippen molar-refractivity contribution in [3.63, 3.8) is 0 Å². The molecule has 0 saturated heterocycles. The molecule has 1 unspecified atom stereocenters. The van der Waals surface area contributed by atoms with Crippen molar-refractivity contribution in [2.45, 2.75) is 20.0 Å². The number of rotatable bonds is 8. The summed E-state index contributed by atoms with van der Waals surface area (Å²) in [7, 11) is 1.55. The zero-order valence-electron chi connectivity index (χ0n) is 21.2. The number of aromatic nitrogens is 2. The van der Waals surface area contributed by atoms with Gasteiger partial charge in [-0.25, -0.2) is 4.98 Å². The molecule has 8 nitrogen and oxygen atoms in total. The smallest absolute Gasteiger partial charge is 0.229 e. The van der Waals surface area contributed by atoms with Gasteiger partial charge in [0.15, 0.2) is 0 Å². The van der Waals surface area contributed by atoms with Crippen molar-refractivity contribution in [1.82, 2.24) is 9.97 Å². The van der Waals surface area contributed by atoms with Crippen LogP contribution in [0, 0.1) is 36.5 Å². The zero-order valence-corrected chi connectivity index (χ0v) is 21.2. The average molecular weight is 503 g/mol. The van der Waals surface area contributed by atoms with Gasteiger partial charge in [-0.3, -0.25) is 0 Å². The molecule has 0 fully saturated rings. The molecule has 0 aliphatic rings. The minimum atomic E-state index is -1.07. The fourth-order valence-corrected chi connectivity index (χ4v) is 4.09. The summed E-state index contributed by atoms with van der Waals surface area (Å²) in [5, 5.41) is 35.8. The second kappa shape index (κ2) is 11.7. The number of benzene rings is 3. The fraction of sp³-hybridized carbons (Fsp3) is 0.133. The number of aliphatic hydroxyl groups excluding tert-OH is 1. The lowest BCUT2D eigenvalue weighted by Gasteiger charge is -2.18. The first-order valence-corrected chi connectivity index (χ1v) is 11.8. The third kappa shape index (κ3) is 5.96.